The van der Waals surface area contributed by atoms with E-state index < -0.39 is 16.7 Å². The quantitative estimate of drug-likeness (QED) is 0.335. The zero-order valence-corrected chi connectivity index (χ0v) is 25.9. The second-order valence-corrected chi connectivity index (χ2v) is 11.9. The molecule has 3 aliphatic rings. The molecule has 0 aliphatic carbocycles. The summed E-state index contributed by atoms with van der Waals surface area (Å²) < 4.78 is 16.5. The molecule has 3 aromatic carbocycles. The Morgan fingerprint density at radius 2 is 1.36 bits per heavy atom. The highest BCUT2D eigenvalue weighted by Gasteiger charge is 2.68. The number of nitriles is 2. The number of ether oxygens (including phenoxy) is 3. The number of fused-ring (bicyclic) bond motifs is 4. The summed E-state index contributed by atoms with van der Waals surface area (Å²) >= 11 is 6.26. The fourth-order valence-corrected chi connectivity index (χ4v) is 7.40. The first kappa shape index (κ1) is 29.6. The number of hydrogen-bond acceptors (Lipinski definition) is 9. The molecule has 0 saturated carbocycles. The van der Waals surface area contributed by atoms with E-state index in [0.29, 0.717) is 56.1 Å². The first-order chi connectivity index (χ1) is 21.4. The Morgan fingerprint density at radius 3 is 1.93 bits per heavy atom. The summed E-state index contributed by atoms with van der Waals surface area (Å²) in [6, 6.07) is 28.8. The maximum absolute atomic E-state index is 11.2. The Hall–Kier alpha value is -4.48. The number of aliphatic imine (C=N–C) groups is 1. The average molecular weight is 607 g/mol. The van der Waals surface area contributed by atoms with Crippen molar-refractivity contribution in [2.75, 3.05) is 47.8 Å². The lowest BCUT2D eigenvalue weighted by Crippen LogP contribution is -2.73. The number of hydrogen-bond donors (Lipinski definition) is 0. The highest BCUT2D eigenvalue weighted by Crippen LogP contribution is 2.59. The van der Waals surface area contributed by atoms with Gasteiger partial charge in [0.2, 0.25) is 0 Å². The molecule has 0 radical (unpaired) electrons. The van der Waals surface area contributed by atoms with Crippen molar-refractivity contribution in [1.82, 2.24) is 14.7 Å². The van der Waals surface area contributed by atoms with Crippen molar-refractivity contribution < 1.29 is 14.2 Å². The molecule has 2 fully saturated rings. The van der Waals surface area contributed by atoms with Gasteiger partial charge < -0.3 is 19.1 Å². The van der Waals surface area contributed by atoms with Crippen molar-refractivity contribution in [2.24, 2.45) is 15.8 Å². The number of thiocarbonyl (C=S) groups is 1. The number of methoxy groups -OCH3 is 3. The number of amidine groups is 1. The van der Waals surface area contributed by atoms with Crippen LogP contribution in [0, 0.1) is 33.5 Å². The molecule has 2 bridgehead atoms. The van der Waals surface area contributed by atoms with Crippen molar-refractivity contribution >= 4 is 23.0 Å². The van der Waals surface area contributed by atoms with E-state index in [1.165, 1.54) is 0 Å². The SMILES string of the molecule is COc1ccc(CN2CN=C3N(C2)C(=S)[C@@]2(C#N)CN(Cc4ccc(OC)cc4)C[C@@]3(C#N)[C@H]2c2ccccc2OC)cc1. The number of rotatable bonds is 8. The lowest BCUT2D eigenvalue weighted by atomic mass is 9.53. The highest BCUT2D eigenvalue weighted by atomic mass is 32.1. The summed E-state index contributed by atoms with van der Waals surface area (Å²) in [6.45, 7) is 2.78. The second-order valence-electron chi connectivity index (χ2n) is 11.5. The molecular formula is C34H34N6O3S. The molecule has 0 aromatic heterocycles. The molecule has 3 heterocycles. The van der Waals surface area contributed by atoms with Crippen LogP contribution in [0.25, 0.3) is 0 Å². The van der Waals surface area contributed by atoms with Crippen LogP contribution in [0.2, 0.25) is 0 Å². The predicted molar refractivity (Wildman–Crippen MR) is 170 cm³/mol. The van der Waals surface area contributed by atoms with Gasteiger partial charge >= 0.3 is 0 Å². The monoisotopic (exact) mass is 606 g/mol. The van der Waals surface area contributed by atoms with Gasteiger partial charge in [-0.15, -0.1) is 0 Å². The molecule has 0 unspecified atom stereocenters. The maximum Gasteiger partial charge on any atom is 0.136 e. The summed E-state index contributed by atoms with van der Waals surface area (Å²) in [5.41, 5.74) is 0.624. The van der Waals surface area contributed by atoms with E-state index in [2.05, 4.69) is 21.9 Å². The van der Waals surface area contributed by atoms with Crippen molar-refractivity contribution in [1.29, 1.82) is 10.5 Å². The smallest absolute Gasteiger partial charge is 0.136 e. The van der Waals surface area contributed by atoms with Gasteiger partial charge in [-0.25, -0.2) is 0 Å². The molecule has 0 amide bonds. The van der Waals surface area contributed by atoms with Gasteiger partial charge in [0.25, 0.3) is 0 Å². The van der Waals surface area contributed by atoms with Crippen molar-refractivity contribution in [3.05, 3.63) is 89.5 Å². The van der Waals surface area contributed by atoms with E-state index in [9.17, 15) is 10.5 Å². The minimum Gasteiger partial charge on any atom is -0.497 e. The van der Waals surface area contributed by atoms with Crippen LogP contribution in [0.15, 0.2) is 77.8 Å². The Morgan fingerprint density at radius 1 is 0.795 bits per heavy atom. The number of benzene rings is 3. The van der Waals surface area contributed by atoms with Gasteiger partial charge in [0.1, 0.15) is 38.9 Å². The van der Waals surface area contributed by atoms with Crippen LogP contribution in [0.5, 0.6) is 17.2 Å². The van der Waals surface area contributed by atoms with Gasteiger partial charge in [-0.1, -0.05) is 54.7 Å². The Bertz CT molecular complexity index is 1660. The fraction of sp³-hybridized carbons (Fsp3) is 0.353. The molecular weight excluding hydrogens is 572 g/mol. The van der Waals surface area contributed by atoms with Crippen molar-refractivity contribution in [3.63, 3.8) is 0 Å². The standard InChI is InChI=1S/C34H34N6O3S/c1-41-26-12-8-24(9-13-26)16-38-20-33(18-35)30(28-6-4-5-7-29(28)43-3)34(19-36,21-38)32(44)40-23-39(22-37-31(33)40)17-25-10-14-27(42-2)15-11-25/h4-15,30H,16-17,20-23H2,1-3H3/t30-,33+,34+/m1/s1. The minimum atomic E-state index is -1.19. The molecule has 0 N–H and O–H groups in total. The van der Waals surface area contributed by atoms with E-state index in [1.54, 1.807) is 21.3 Å². The van der Waals surface area contributed by atoms with Crippen LogP contribution < -0.4 is 14.2 Å². The first-order valence-electron chi connectivity index (χ1n) is 14.4. The van der Waals surface area contributed by atoms with Crippen LogP contribution in [-0.4, -0.2) is 73.3 Å². The topological polar surface area (TPSA) is 97.4 Å². The molecule has 0 spiro atoms. The molecule has 3 aromatic rings. The third-order valence-electron chi connectivity index (χ3n) is 8.95. The van der Waals surface area contributed by atoms with Gasteiger partial charge in [-0.05, 0) is 41.5 Å². The summed E-state index contributed by atoms with van der Waals surface area (Å²) in [7, 11) is 4.91. The van der Waals surface area contributed by atoms with Gasteiger partial charge in [0.05, 0.1) is 46.8 Å². The summed E-state index contributed by atoms with van der Waals surface area (Å²) in [5, 5.41) is 22.3. The summed E-state index contributed by atoms with van der Waals surface area (Å²) in [5.74, 6) is 2.26. The molecule has 6 rings (SSSR count). The van der Waals surface area contributed by atoms with E-state index in [-0.39, 0.29) is 0 Å². The molecule has 3 atom stereocenters. The lowest BCUT2D eigenvalue weighted by Gasteiger charge is -2.60. The van der Waals surface area contributed by atoms with Crippen LogP contribution in [0.1, 0.15) is 22.6 Å². The van der Waals surface area contributed by atoms with Crippen LogP contribution in [0.4, 0.5) is 0 Å². The normalized spacial score (nSPS) is 24.8. The molecule has 9 nitrogen and oxygen atoms in total. The fourth-order valence-electron chi connectivity index (χ4n) is 7.03. The van der Waals surface area contributed by atoms with Crippen molar-refractivity contribution in [3.8, 4) is 29.4 Å². The van der Waals surface area contributed by atoms with Crippen LogP contribution in [0.3, 0.4) is 0 Å². The molecule has 44 heavy (non-hydrogen) atoms. The average Bonchev–Trinajstić information content (AvgIpc) is 3.07. The summed E-state index contributed by atoms with van der Waals surface area (Å²) in [6.07, 6.45) is 0. The number of para-hydroxylation sites is 1. The molecule has 3 aliphatic heterocycles. The third-order valence-corrected chi connectivity index (χ3v) is 9.54. The van der Waals surface area contributed by atoms with Crippen LogP contribution in [-0.2, 0) is 13.1 Å². The Balaban J connectivity index is 1.43. The lowest BCUT2D eigenvalue weighted by molar-refractivity contribution is 0.0515. The Labute approximate surface area is 263 Å². The number of piperidine rings is 2. The van der Waals surface area contributed by atoms with Crippen LogP contribution >= 0.6 is 12.2 Å². The zero-order valence-electron chi connectivity index (χ0n) is 25.1. The van der Waals surface area contributed by atoms with Gasteiger partial charge in [-0.2, -0.15) is 10.5 Å². The molecule has 224 valence electrons. The maximum atomic E-state index is 11.2. The van der Waals surface area contributed by atoms with Gasteiger partial charge in [0, 0.05) is 37.7 Å². The summed E-state index contributed by atoms with van der Waals surface area (Å²) in [4.78, 5) is 11.9. The van der Waals surface area contributed by atoms with E-state index in [0.717, 1.165) is 28.2 Å². The first-order valence-corrected chi connectivity index (χ1v) is 14.8. The van der Waals surface area contributed by atoms with E-state index in [1.807, 2.05) is 77.7 Å². The number of likely N-dealkylation sites (tertiary alicyclic amines) is 1. The van der Waals surface area contributed by atoms with Crippen molar-refractivity contribution in [2.45, 2.75) is 19.0 Å². The van der Waals surface area contributed by atoms with E-state index >= 15 is 0 Å². The van der Waals surface area contributed by atoms with Gasteiger partial charge in [0.15, 0.2) is 0 Å². The third kappa shape index (κ3) is 4.86. The largest absolute Gasteiger partial charge is 0.497 e. The number of nitrogens with zero attached hydrogens (tertiary/aromatic N) is 6. The molecule has 2 saturated heterocycles. The van der Waals surface area contributed by atoms with E-state index in [4.69, 9.17) is 31.4 Å². The van der Waals surface area contributed by atoms with Gasteiger partial charge in [-0.3, -0.25) is 14.8 Å². The highest BCUT2D eigenvalue weighted by molar-refractivity contribution is 7.80. The zero-order chi connectivity index (χ0) is 30.9. The Kier molecular flexibility index (Phi) is 8.00. The second kappa shape index (κ2) is 11.9. The molecule has 10 heteroatoms. The predicted octanol–water partition coefficient (Wildman–Crippen LogP) is 4.80. The minimum absolute atomic E-state index is 0.364.